The highest BCUT2D eigenvalue weighted by Gasteiger charge is 2.44. The Kier molecular flexibility index (Phi) is 10.1. The molecule has 1 atom stereocenters. The van der Waals surface area contributed by atoms with Gasteiger partial charge in [0.2, 0.25) is 0 Å². The standard InChI is InChI=1S/C14H39O5Si5/c1-12-13-15-14-24(11,17-20(2)16-21(3,4)5)19-23(9,10)18-22(6,7)8/h12-14H2,1-11H3. The highest BCUT2D eigenvalue weighted by atomic mass is 28.5. The van der Waals surface area contributed by atoms with Gasteiger partial charge in [-0.3, -0.25) is 0 Å². The third kappa shape index (κ3) is 13.1. The summed E-state index contributed by atoms with van der Waals surface area (Å²) >= 11 is 0. The number of rotatable bonds is 12. The molecule has 0 spiro atoms. The third-order valence-corrected chi connectivity index (χ3v) is 17.9. The summed E-state index contributed by atoms with van der Waals surface area (Å²) in [6.07, 6.45) is 1.52. The lowest BCUT2D eigenvalue weighted by Crippen LogP contribution is -2.58. The SMILES string of the molecule is CCCOC[Si](C)(O[Si](C)O[Si](C)(C)C)O[Si](C)(C)O[Si](C)(C)C. The normalized spacial score (nSPS) is 16.5. The van der Waals surface area contributed by atoms with Crippen LogP contribution in [-0.4, -0.2) is 55.9 Å². The zero-order chi connectivity index (χ0) is 19.2. The summed E-state index contributed by atoms with van der Waals surface area (Å²) in [6, 6.07) is 0. The Labute approximate surface area is 156 Å². The van der Waals surface area contributed by atoms with Crippen molar-refractivity contribution in [1.82, 2.24) is 0 Å². The molecule has 0 fully saturated rings. The first kappa shape index (κ1) is 24.9. The summed E-state index contributed by atoms with van der Waals surface area (Å²) in [5, 5.41) is 0. The Morgan fingerprint density at radius 1 is 0.750 bits per heavy atom. The largest absolute Gasteiger partial charge is 0.437 e. The van der Waals surface area contributed by atoms with E-state index in [4.69, 9.17) is 21.2 Å². The minimum atomic E-state index is -2.51. The van der Waals surface area contributed by atoms with E-state index in [-0.39, 0.29) is 0 Å². The molecule has 5 nitrogen and oxygen atoms in total. The van der Waals surface area contributed by atoms with Gasteiger partial charge in [-0.25, -0.2) is 0 Å². The maximum Gasteiger partial charge on any atom is 0.360 e. The molecule has 0 amide bonds. The predicted molar refractivity (Wildman–Crippen MR) is 113 cm³/mol. The van der Waals surface area contributed by atoms with Gasteiger partial charge in [-0.15, -0.1) is 0 Å². The smallest absolute Gasteiger partial charge is 0.360 e. The Bertz CT molecular complexity index is 370. The van der Waals surface area contributed by atoms with E-state index in [1.807, 2.05) is 0 Å². The Hall–Kier alpha value is 0.884. The maximum atomic E-state index is 6.54. The van der Waals surface area contributed by atoms with Gasteiger partial charge in [0.15, 0.2) is 16.6 Å². The molecule has 0 N–H and O–H groups in total. The van der Waals surface area contributed by atoms with Crippen molar-refractivity contribution in [3.05, 3.63) is 0 Å². The third-order valence-electron chi connectivity index (χ3n) is 2.54. The predicted octanol–water partition coefficient (Wildman–Crippen LogP) is 4.58. The van der Waals surface area contributed by atoms with Gasteiger partial charge in [-0.2, -0.15) is 0 Å². The molecule has 0 bridgehead atoms. The highest BCUT2D eigenvalue weighted by molar-refractivity contribution is 6.88. The van der Waals surface area contributed by atoms with Crippen molar-refractivity contribution in [3.8, 4) is 0 Å². The van der Waals surface area contributed by atoms with Crippen molar-refractivity contribution in [3.63, 3.8) is 0 Å². The monoisotopic (exact) mass is 427 g/mol. The maximum absolute atomic E-state index is 6.54. The first-order chi connectivity index (χ1) is 10.6. The summed E-state index contributed by atoms with van der Waals surface area (Å²) < 4.78 is 31.2. The molecule has 145 valence electrons. The Morgan fingerprint density at radius 2 is 1.29 bits per heavy atom. The van der Waals surface area contributed by atoms with Crippen LogP contribution in [0.5, 0.6) is 0 Å². The average Bonchev–Trinajstić information content (AvgIpc) is 2.20. The summed E-state index contributed by atoms with van der Waals surface area (Å²) in [7, 11) is -9.42. The summed E-state index contributed by atoms with van der Waals surface area (Å²) in [5.41, 5.74) is 0. The van der Waals surface area contributed by atoms with E-state index in [9.17, 15) is 0 Å². The van der Waals surface area contributed by atoms with Crippen LogP contribution in [-0.2, 0) is 21.2 Å². The van der Waals surface area contributed by atoms with Crippen molar-refractivity contribution in [2.75, 3.05) is 12.8 Å². The van der Waals surface area contributed by atoms with Crippen LogP contribution in [0.15, 0.2) is 0 Å². The first-order valence-electron chi connectivity index (χ1n) is 8.77. The van der Waals surface area contributed by atoms with Crippen molar-refractivity contribution in [2.24, 2.45) is 0 Å². The van der Waals surface area contributed by atoms with Gasteiger partial charge in [0.05, 0.1) is 6.23 Å². The van der Waals surface area contributed by atoms with Crippen LogP contribution < -0.4 is 0 Å². The molecule has 0 aliphatic heterocycles. The van der Waals surface area contributed by atoms with Crippen LogP contribution in [0, 0.1) is 0 Å². The van der Waals surface area contributed by atoms with Crippen molar-refractivity contribution in [2.45, 2.75) is 78.8 Å². The van der Waals surface area contributed by atoms with Crippen LogP contribution in [0.3, 0.4) is 0 Å². The van der Waals surface area contributed by atoms with E-state index in [2.05, 4.69) is 72.4 Å². The zero-order valence-corrected chi connectivity index (χ0v) is 22.7. The lowest BCUT2D eigenvalue weighted by Gasteiger charge is -2.39. The van der Waals surface area contributed by atoms with Crippen LogP contribution >= 0.6 is 0 Å². The molecule has 0 aliphatic carbocycles. The lowest BCUT2D eigenvalue weighted by molar-refractivity contribution is 0.144. The second-order valence-electron chi connectivity index (χ2n) is 8.71. The molecule has 0 aromatic rings. The van der Waals surface area contributed by atoms with E-state index in [1.165, 1.54) is 0 Å². The molecule has 0 rings (SSSR count). The number of ether oxygens (including phenoxy) is 1. The fourth-order valence-corrected chi connectivity index (χ4v) is 21.1. The van der Waals surface area contributed by atoms with Gasteiger partial charge in [-0.05, 0) is 71.9 Å². The van der Waals surface area contributed by atoms with Gasteiger partial charge in [0.1, 0.15) is 0 Å². The van der Waals surface area contributed by atoms with Crippen molar-refractivity contribution < 1.29 is 21.2 Å². The molecule has 0 saturated heterocycles. The highest BCUT2D eigenvalue weighted by Crippen LogP contribution is 2.23. The van der Waals surface area contributed by atoms with E-state index in [0.717, 1.165) is 13.0 Å². The number of hydrogen-bond donors (Lipinski definition) is 0. The van der Waals surface area contributed by atoms with Gasteiger partial charge in [0, 0.05) is 6.61 Å². The van der Waals surface area contributed by atoms with Gasteiger partial charge in [-0.1, -0.05) is 6.92 Å². The van der Waals surface area contributed by atoms with E-state index in [1.54, 1.807) is 0 Å². The molecule has 0 saturated carbocycles. The van der Waals surface area contributed by atoms with Gasteiger partial charge < -0.3 is 21.2 Å². The first-order valence-corrected chi connectivity index (χ1v) is 22.7. The summed E-state index contributed by atoms with van der Waals surface area (Å²) in [4.78, 5) is 0. The van der Waals surface area contributed by atoms with Crippen LogP contribution in [0.4, 0.5) is 0 Å². The minimum absolute atomic E-state index is 0.531. The topological polar surface area (TPSA) is 46.2 Å². The van der Waals surface area contributed by atoms with Crippen molar-refractivity contribution >= 4 is 43.0 Å². The molecule has 0 aliphatic rings. The molecular weight excluding hydrogens is 389 g/mol. The lowest BCUT2D eigenvalue weighted by atomic mass is 10.5. The summed E-state index contributed by atoms with van der Waals surface area (Å²) in [6.45, 7) is 24.4. The molecule has 0 aromatic carbocycles. The second kappa shape index (κ2) is 9.71. The fourth-order valence-electron chi connectivity index (χ4n) is 2.52. The minimum Gasteiger partial charge on any atom is -0.437 e. The molecule has 10 heteroatoms. The van der Waals surface area contributed by atoms with E-state index < -0.39 is 43.0 Å². The zero-order valence-electron chi connectivity index (χ0n) is 17.7. The molecule has 0 heterocycles. The van der Waals surface area contributed by atoms with Crippen LogP contribution in [0.25, 0.3) is 0 Å². The Morgan fingerprint density at radius 3 is 1.71 bits per heavy atom. The summed E-state index contributed by atoms with van der Waals surface area (Å²) in [5.74, 6) is 0. The molecule has 0 aromatic heterocycles. The second-order valence-corrected chi connectivity index (χ2v) is 26.8. The van der Waals surface area contributed by atoms with Crippen LogP contribution in [0.1, 0.15) is 13.3 Å². The fraction of sp³-hybridized carbons (Fsp3) is 1.00. The van der Waals surface area contributed by atoms with Crippen molar-refractivity contribution in [1.29, 1.82) is 0 Å². The molecule has 24 heavy (non-hydrogen) atoms. The molecule has 1 unspecified atom stereocenters. The quantitative estimate of drug-likeness (QED) is 0.337. The molecular formula is C14H39O5Si5. The van der Waals surface area contributed by atoms with E-state index in [0.29, 0.717) is 6.23 Å². The Balaban J connectivity index is 5.05. The van der Waals surface area contributed by atoms with Crippen LogP contribution in [0.2, 0.25) is 65.5 Å². The van der Waals surface area contributed by atoms with Gasteiger partial charge in [0.25, 0.3) is 0 Å². The number of hydrogen-bond acceptors (Lipinski definition) is 5. The average molecular weight is 428 g/mol. The van der Waals surface area contributed by atoms with E-state index >= 15 is 0 Å². The van der Waals surface area contributed by atoms with Gasteiger partial charge >= 0.3 is 26.4 Å². The molecule has 1 radical (unpaired) electrons.